The van der Waals surface area contributed by atoms with Gasteiger partial charge in [-0.05, 0) is 48.2 Å². The third-order valence-electron chi connectivity index (χ3n) is 4.02. The van der Waals surface area contributed by atoms with Crippen LogP contribution in [0.3, 0.4) is 0 Å². The van der Waals surface area contributed by atoms with Gasteiger partial charge in [-0.1, -0.05) is 41.9 Å². The molecule has 0 N–H and O–H groups in total. The first-order valence-electron chi connectivity index (χ1n) is 7.64. The minimum atomic E-state index is 0.716. The van der Waals surface area contributed by atoms with E-state index in [1.165, 1.54) is 4.90 Å². The largest absolute Gasteiger partial charge is 0.240 e. The van der Waals surface area contributed by atoms with Crippen LogP contribution in [0, 0.1) is 0 Å². The summed E-state index contributed by atoms with van der Waals surface area (Å²) >= 11 is 7.94. The molecule has 0 aliphatic rings. The van der Waals surface area contributed by atoms with Gasteiger partial charge in [0.05, 0.1) is 5.52 Å². The first kappa shape index (κ1) is 15.3. The van der Waals surface area contributed by atoms with Gasteiger partial charge < -0.3 is 0 Å². The molecule has 4 aromatic rings. The van der Waals surface area contributed by atoms with E-state index in [1.807, 2.05) is 47.1 Å². The average Bonchev–Trinajstić information content (AvgIpc) is 3.01. The number of aromatic nitrogens is 2. The second kappa shape index (κ2) is 6.34. The lowest BCUT2D eigenvalue weighted by atomic mass is 10.00. The highest BCUT2D eigenvalue weighted by atomic mass is 35.5. The number of fused-ring (bicyclic) bond motifs is 1. The first-order chi connectivity index (χ1) is 11.8. The van der Waals surface area contributed by atoms with E-state index in [2.05, 4.69) is 36.6 Å². The Morgan fingerprint density at radius 3 is 2.50 bits per heavy atom. The number of benzene rings is 2. The minimum absolute atomic E-state index is 0.716. The van der Waals surface area contributed by atoms with Crippen LogP contribution in [0.2, 0.25) is 5.02 Å². The van der Waals surface area contributed by atoms with Crippen molar-refractivity contribution in [2.24, 2.45) is 0 Å². The molecule has 24 heavy (non-hydrogen) atoms. The van der Waals surface area contributed by atoms with Crippen LogP contribution in [0.25, 0.3) is 27.9 Å². The van der Waals surface area contributed by atoms with Crippen LogP contribution < -0.4 is 0 Å². The zero-order valence-corrected chi connectivity index (χ0v) is 14.7. The summed E-state index contributed by atoms with van der Waals surface area (Å²) in [5.41, 5.74) is 5.34. The predicted molar refractivity (Wildman–Crippen MR) is 103 cm³/mol. The second-order valence-electron chi connectivity index (χ2n) is 5.49. The fourth-order valence-electron chi connectivity index (χ4n) is 2.88. The monoisotopic (exact) mass is 350 g/mol. The third kappa shape index (κ3) is 2.70. The molecule has 118 valence electrons. The number of nitrogens with zero attached hydrogens (tertiary/aromatic N) is 2. The van der Waals surface area contributed by atoms with Gasteiger partial charge in [0.1, 0.15) is 5.69 Å². The van der Waals surface area contributed by atoms with E-state index in [4.69, 9.17) is 16.7 Å². The van der Waals surface area contributed by atoms with Crippen molar-refractivity contribution in [3.05, 3.63) is 77.9 Å². The summed E-state index contributed by atoms with van der Waals surface area (Å²) in [7, 11) is 0. The molecule has 0 fully saturated rings. The Morgan fingerprint density at radius 1 is 0.917 bits per heavy atom. The predicted octanol–water partition coefficient (Wildman–Crippen LogP) is 6.04. The molecule has 0 unspecified atom stereocenters. The van der Waals surface area contributed by atoms with Gasteiger partial charge in [-0.15, -0.1) is 11.8 Å². The number of thioether (sulfide) groups is 1. The Labute approximate surface area is 150 Å². The molecule has 2 aromatic carbocycles. The van der Waals surface area contributed by atoms with Crippen LogP contribution in [0.1, 0.15) is 0 Å². The molecular formula is C20H15ClN2S. The summed E-state index contributed by atoms with van der Waals surface area (Å²) in [5.74, 6) is 0. The van der Waals surface area contributed by atoms with Gasteiger partial charge in [-0.3, -0.25) is 0 Å². The van der Waals surface area contributed by atoms with Crippen molar-refractivity contribution in [2.75, 3.05) is 6.26 Å². The molecule has 0 radical (unpaired) electrons. The molecule has 4 heteroatoms. The van der Waals surface area contributed by atoms with Crippen molar-refractivity contribution in [3.63, 3.8) is 0 Å². The molecule has 0 spiro atoms. The van der Waals surface area contributed by atoms with Gasteiger partial charge in [0.2, 0.25) is 0 Å². The quantitative estimate of drug-likeness (QED) is 0.419. The van der Waals surface area contributed by atoms with Gasteiger partial charge in [0, 0.05) is 27.2 Å². The highest BCUT2D eigenvalue weighted by Crippen LogP contribution is 2.36. The van der Waals surface area contributed by atoms with Crippen molar-refractivity contribution < 1.29 is 0 Å². The van der Waals surface area contributed by atoms with Gasteiger partial charge in [-0.2, -0.15) is 5.10 Å². The van der Waals surface area contributed by atoms with Crippen LogP contribution >= 0.6 is 23.4 Å². The van der Waals surface area contributed by atoms with E-state index < -0.39 is 0 Å². The summed E-state index contributed by atoms with van der Waals surface area (Å²) in [6.07, 6.45) is 4.06. The number of hydrogen-bond donors (Lipinski definition) is 0. The maximum Gasteiger partial charge on any atom is 0.101 e. The summed E-state index contributed by atoms with van der Waals surface area (Å²) in [6, 6.07) is 22.6. The number of halogens is 1. The van der Waals surface area contributed by atoms with E-state index in [9.17, 15) is 0 Å². The Balaban J connectivity index is 1.99. The topological polar surface area (TPSA) is 17.3 Å². The van der Waals surface area contributed by atoms with Crippen LogP contribution in [0.4, 0.5) is 0 Å². The first-order valence-corrected chi connectivity index (χ1v) is 9.24. The highest BCUT2D eigenvalue weighted by molar-refractivity contribution is 7.98. The van der Waals surface area contributed by atoms with Crippen LogP contribution in [0.5, 0.6) is 0 Å². The molecule has 4 rings (SSSR count). The Bertz CT molecular complexity index is 1010. The lowest BCUT2D eigenvalue weighted by Crippen LogP contribution is -1.84. The smallest absolute Gasteiger partial charge is 0.101 e. The van der Waals surface area contributed by atoms with Crippen LogP contribution in [0.15, 0.2) is 77.8 Å². The van der Waals surface area contributed by atoms with Gasteiger partial charge in [0.15, 0.2) is 0 Å². The fraction of sp³-hybridized carbons (Fsp3) is 0.0500. The Kier molecular flexibility index (Phi) is 4.05. The molecule has 0 amide bonds. The number of hydrogen-bond acceptors (Lipinski definition) is 2. The van der Waals surface area contributed by atoms with Crippen molar-refractivity contribution >= 4 is 28.9 Å². The van der Waals surface area contributed by atoms with Crippen molar-refractivity contribution in [2.45, 2.75) is 4.90 Å². The maximum absolute atomic E-state index is 6.19. The van der Waals surface area contributed by atoms with E-state index >= 15 is 0 Å². The molecule has 0 bridgehead atoms. The minimum Gasteiger partial charge on any atom is -0.240 e. The molecule has 2 heterocycles. The molecule has 0 aliphatic heterocycles. The SMILES string of the molecule is CSc1ccc(-c2c(-c3cccc(Cl)c3)nn3ccccc23)cc1. The fourth-order valence-corrected chi connectivity index (χ4v) is 3.48. The Hall–Kier alpha value is -2.23. The summed E-state index contributed by atoms with van der Waals surface area (Å²) in [4.78, 5) is 1.25. The number of rotatable bonds is 3. The lowest BCUT2D eigenvalue weighted by Gasteiger charge is -2.05. The highest BCUT2D eigenvalue weighted by Gasteiger charge is 2.16. The van der Waals surface area contributed by atoms with Crippen LogP contribution in [-0.2, 0) is 0 Å². The molecular weight excluding hydrogens is 336 g/mol. The van der Waals surface area contributed by atoms with Gasteiger partial charge >= 0.3 is 0 Å². The van der Waals surface area contributed by atoms with E-state index in [0.29, 0.717) is 5.02 Å². The zero-order valence-electron chi connectivity index (χ0n) is 13.1. The van der Waals surface area contributed by atoms with Crippen LogP contribution in [-0.4, -0.2) is 15.9 Å². The standard InChI is InChI=1S/C20H15ClN2S/c1-24-17-10-8-14(9-11-17)19-18-7-2-3-12-23(18)22-20(19)15-5-4-6-16(21)13-15/h2-13H,1H3. The second-order valence-corrected chi connectivity index (χ2v) is 6.81. The molecule has 2 aromatic heterocycles. The summed E-state index contributed by atoms with van der Waals surface area (Å²) in [6.45, 7) is 0. The molecule has 2 nitrogen and oxygen atoms in total. The summed E-state index contributed by atoms with van der Waals surface area (Å²) < 4.78 is 1.92. The van der Waals surface area contributed by atoms with E-state index in [0.717, 1.165) is 27.9 Å². The van der Waals surface area contributed by atoms with Gasteiger partial charge in [-0.25, -0.2) is 4.52 Å². The van der Waals surface area contributed by atoms with Crippen molar-refractivity contribution in [1.29, 1.82) is 0 Å². The molecule has 0 saturated carbocycles. The molecule has 0 saturated heterocycles. The van der Waals surface area contributed by atoms with Gasteiger partial charge in [0.25, 0.3) is 0 Å². The summed E-state index contributed by atoms with van der Waals surface area (Å²) in [5, 5.41) is 5.51. The van der Waals surface area contributed by atoms with Crippen molar-refractivity contribution in [1.82, 2.24) is 9.61 Å². The molecule has 0 aliphatic carbocycles. The number of pyridine rings is 1. The zero-order chi connectivity index (χ0) is 16.5. The Morgan fingerprint density at radius 2 is 1.75 bits per heavy atom. The van der Waals surface area contributed by atoms with E-state index in [-0.39, 0.29) is 0 Å². The third-order valence-corrected chi connectivity index (χ3v) is 5.00. The normalized spacial score (nSPS) is 11.1. The molecule has 0 atom stereocenters. The van der Waals surface area contributed by atoms with Crippen molar-refractivity contribution in [3.8, 4) is 22.4 Å². The average molecular weight is 351 g/mol. The lowest BCUT2D eigenvalue weighted by molar-refractivity contribution is 0.966. The van der Waals surface area contributed by atoms with E-state index in [1.54, 1.807) is 11.8 Å². The maximum atomic E-state index is 6.19.